The van der Waals surface area contributed by atoms with Gasteiger partial charge in [-0.1, -0.05) is 12.1 Å². The Balaban J connectivity index is 1.83. The van der Waals surface area contributed by atoms with E-state index in [2.05, 4.69) is 5.32 Å². The molecule has 1 atom stereocenters. The molecule has 1 amide bonds. The minimum absolute atomic E-state index is 0.180. The predicted octanol–water partition coefficient (Wildman–Crippen LogP) is 1.88. The Bertz CT molecular complexity index is 428. The van der Waals surface area contributed by atoms with E-state index in [0.29, 0.717) is 6.54 Å². The molecule has 0 spiro atoms. The van der Waals surface area contributed by atoms with E-state index in [9.17, 15) is 9.90 Å². The van der Waals surface area contributed by atoms with Crippen LogP contribution in [0.3, 0.4) is 0 Å². The van der Waals surface area contributed by atoms with Crippen molar-refractivity contribution >= 4 is 5.91 Å². The molecule has 4 nitrogen and oxygen atoms in total. The first-order valence-electron chi connectivity index (χ1n) is 6.97. The first kappa shape index (κ1) is 13.9. The number of carbonyl (C=O) groups is 1. The number of aromatic hydroxyl groups is 1. The number of nitrogens with one attached hydrogen (secondary N) is 1. The number of hydrogen-bond acceptors (Lipinski definition) is 3. The molecule has 0 bridgehead atoms. The third-order valence-electron chi connectivity index (χ3n) is 3.56. The normalized spacial score (nSPS) is 17.2. The smallest absolute Gasteiger partial charge is 0.239 e. The topological polar surface area (TPSA) is 52.6 Å². The molecule has 0 aromatic heterocycles. The molecule has 2 rings (SSSR count). The molecule has 0 saturated carbocycles. The van der Waals surface area contributed by atoms with Crippen LogP contribution in [0, 0.1) is 0 Å². The molecule has 1 saturated heterocycles. The van der Waals surface area contributed by atoms with Crippen molar-refractivity contribution in [1.29, 1.82) is 0 Å². The molecule has 1 aliphatic rings. The van der Waals surface area contributed by atoms with Crippen LogP contribution < -0.4 is 5.32 Å². The minimum Gasteiger partial charge on any atom is -0.508 e. The molecule has 2 N–H and O–H groups in total. The van der Waals surface area contributed by atoms with Gasteiger partial charge in [-0.05, 0) is 43.9 Å². The van der Waals surface area contributed by atoms with Crippen LogP contribution in [0.4, 0.5) is 0 Å². The quantitative estimate of drug-likeness (QED) is 0.871. The summed E-state index contributed by atoms with van der Waals surface area (Å²) in [6, 6.07) is 6.92. The Morgan fingerprint density at radius 3 is 2.79 bits per heavy atom. The number of amides is 1. The van der Waals surface area contributed by atoms with E-state index >= 15 is 0 Å². The van der Waals surface area contributed by atoms with Crippen molar-refractivity contribution in [2.75, 3.05) is 13.1 Å². The molecule has 0 aliphatic carbocycles. The number of phenols is 1. The van der Waals surface area contributed by atoms with Crippen molar-refractivity contribution in [3.8, 4) is 5.75 Å². The first-order valence-corrected chi connectivity index (χ1v) is 6.97. The van der Waals surface area contributed by atoms with Crippen LogP contribution in [0.5, 0.6) is 5.75 Å². The predicted molar refractivity (Wildman–Crippen MR) is 74.8 cm³/mol. The molecule has 19 heavy (non-hydrogen) atoms. The van der Waals surface area contributed by atoms with Crippen molar-refractivity contribution in [2.45, 2.75) is 38.8 Å². The van der Waals surface area contributed by atoms with Gasteiger partial charge in [-0.2, -0.15) is 0 Å². The lowest BCUT2D eigenvalue weighted by molar-refractivity contribution is -0.133. The Labute approximate surface area is 114 Å². The van der Waals surface area contributed by atoms with E-state index < -0.39 is 0 Å². The van der Waals surface area contributed by atoms with E-state index in [1.165, 1.54) is 6.42 Å². The number of phenolic OH excluding ortho intramolecular Hbond substituents is 1. The molecular weight excluding hydrogens is 240 g/mol. The van der Waals surface area contributed by atoms with Gasteiger partial charge in [0.15, 0.2) is 0 Å². The van der Waals surface area contributed by atoms with Gasteiger partial charge in [0.05, 0.1) is 6.04 Å². The lowest BCUT2D eigenvalue weighted by Gasteiger charge is -2.29. The Morgan fingerprint density at radius 1 is 1.37 bits per heavy atom. The highest BCUT2D eigenvalue weighted by molar-refractivity contribution is 5.81. The second-order valence-electron chi connectivity index (χ2n) is 5.16. The highest BCUT2D eigenvalue weighted by Crippen LogP contribution is 2.12. The Morgan fingerprint density at radius 2 is 2.11 bits per heavy atom. The Kier molecular flexibility index (Phi) is 4.80. The number of piperidine rings is 1. The zero-order valence-corrected chi connectivity index (χ0v) is 11.4. The first-order chi connectivity index (χ1) is 9.16. The van der Waals surface area contributed by atoms with Crippen molar-refractivity contribution < 1.29 is 9.90 Å². The SMILES string of the molecule is CC(NCc1cccc(O)c1)C(=O)N1CCCCC1. The fourth-order valence-corrected chi connectivity index (χ4v) is 2.41. The molecule has 1 aromatic carbocycles. The third kappa shape index (κ3) is 3.96. The molecule has 1 aliphatic heterocycles. The van der Waals surface area contributed by atoms with Crippen LogP contribution >= 0.6 is 0 Å². The van der Waals surface area contributed by atoms with Gasteiger partial charge in [-0.15, -0.1) is 0 Å². The number of carbonyl (C=O) groups excluding carboxylic acids is 1. The van der Waals surface area contributed by atoms with Crippen LogP contribution in [-0.2, 0) is 11.3 Å². The number of hydrogen-bond donors (Lipinski definition) is 2. The van der Waals surface area contributed by atoms with Crippen LogP contribution in [0.25, 0.3) is 0 Å². The summed E-state index contributed by atoms with van der Waals surface area (Å²) in [5.41, 5.74) is 0.985. The standard InChI is InChI=1S/C15H22N2O2/c1-12(15(19)17-8-3-2-4-9-17)16-11-13-6-5-7-14(18)10-13/h5-7,10,12,16,18H,2-4,8-9,11H2,1H3. The zero-order chi connectivity index (χ0) is 13.7. The van der Waals surface area contributed by atoms with Gasteiger partial charge in [0.25, 0.3) is 0 Å². The van der Waals surface area contributed by atoms with Crippen LogP contribution in [0.1, 0.15) is 31.7 Å². The monoisotopic (exact) mass is 262 g/mol. The number of nitrogens with zero attached hydrogens (tertiary/aromatic N) is 1. The summed E-state index contributed by atoms with van der Waals surface area (Å²) in [4.78, 5) is 14.1. The lowest BCUT2D eigenvalue weighted by atomic mass is 10.1. The zero-order valence-electron chi connectivity index (χ0n) is 11.4. The fourth-order valence-electron chi connectivity index (χ4n) is 2.41. The summed E-state index contributed by atoms with van der Waals surface area (Å²) in [5.74, 6) is 0.439. The maximum absolute atomic E-state index is 12.2. The van der Waals surface area contributed by atoms with Crippen LogP contribution in [0.2, 0.25) is 0 Å². The van der Waals surface area contributed by atoms with Crippen LogP contribution in [0.15, 0.2) is 24.3 Å². The summed E-state index contributed by atoms with van der Waals surface area (Å²) in [6.45, 7) is 4.27. The largest absolute Gasteiger partial charge is 0.508 e. The van der Waals surface area contributed by atoms with E-state index in [0.717, 1.165) is 31.5 Å². The number of benzene rings is 1. The average Bonchev–Trinajstić information content (AvgIpc) is 2.45. The average molecular weight is 262 g/mol. The maximum Gasteiger partial charge on any atom is 0.239 e. The van der Waals surface area contributed by atoms with E-state index in [1.807, 2.05) is 24.0 Å². The second kappa shape index (κ2) is 6.57. The molecule has 1 heterocycles. The van der Waals surface area contributed by atoms with E-state index in [1.54, 1.807) is 12.1 Å². The summed E-state index contributed by atoms with van der Waals surface area (Å²) < 4.78 is 0. The van der Waals surface area contributed by atoms with Crippen LogP contribution in [-0.4, -0.2) is 35.0 Å². The van der Waals surface area contributed by atoms with Gasteiger partial charge >= 0.3 is 0 Å². The lowest BCUT2D eigenvalue weighted by Crippen LogP contribution is -2.46. The molecule has 4 heteroatoms. The van der Waals surface area contributed by atoms with E-state index in [4.69, 9.17) is 0 Å². The summed E-state index contributed by atoms with van der Waals surface area (Å²) >= 11 is 0. The molecular formula is C15H22N2O2. The van der Waals surface area contributed by atoms with Crippen molar-refractivity contribution in [3.63, 3.8) is 0 Å². The summed E-state index contributed by atoms with van der Waals surface area (Å²) in [6.07, 6.45) is 3.46. The third-order valence-corrected chi connectivity index (χ3v) is 3.56. The fraction of sp³-hybridized carbons (Fsp3) is 0.533. The van der Waals surface area contributed by atoms with Crippen molar-refractivity contribution in [1.82, 2.24) is 10.2 Å². The second-order valence-corrected chi connectivity index (χ2v) is 5.16. The van der Waals surface area contributed by atoms with Crippen molar-refractivity contribution in [2.24, 2.45) is 0 Å². The molecule has 0 radical (unpaired) electrons. The van der Waals surface area contributed by atoms with Gasteiger partial charge in [-0.25, -0.2) is 0 Å². The Hall–Kier alpha value is -1.55. The van der Waals surface area contributed by atoms with Gasteiger partial charge < -0.3 is 15.3 Å². The summed E-state index contributed by atoms with van der Waals surface area (Å²) in [7, 11) is 0. The van der Waals surface area contributed by atoms with E-state index in [-0.39, 0.29) is 17.7 Å². The maximum atomic E-state index is 12.2. The molecule has 1 unspecified atom stereocenters. The number of rotatable bonds is 4. The molecule has 1 aromatic rings. The van der Waals surface area contributed by atoms with Gasteiger partial charge in [0, 0.05) is 19.6 Å². The van der Waals surface area contributed by atoms with Gasteiger partial charge in [0.2, 0.25) is 5.91 Å². The van der Waals surface area contributed by atoms with Crippen molar-refractivity contribution in [3.05, 3.63) is 29.8 Å². The minimum atomic E-state index is -0.180. The highest BCUT2D eigenvalue weighted by atomic mass is 16.3. The highest BCUT2D eigenvalue weighted by Gasteiger charge is 2.21. The molecule has 1 fully saturated rings. The molecule has 104 valence electrons. The number of likely N-dealkylation sites (tertiary alicyclic amines) is 1. The summed E-state index contributed by atoms with van der Waals surface area (Å²) in [5, 5.41) is 12.6. The van der Waals surface area contributed by atoms with Gasteiger partial charge in [-0.3, -0.25) is 4.79 Å². The van der Waals surface area contributed by atoms with Gasteiger partial charge in [0.1, 0.15) is 5.75 Å².